The molecule has 0 saturated heterocycles. The van der Waals surface area contributed by atoms with Gasteiger partial charge in [-0.2, -0.15) is 5.10 Å². The number of aromatic nitrogens is 2. The molecule has 1 aromatic rings. The molecule has 0 aromatic carbocycles. The summed E-state index contributed by atoms with van der Waals surface area (Å²) >= 11 is 5.15. The number of hydrogen-bond donors (Lipinski definition) is 1. The molecule has 0 atom stereocenters. The molecule has 0 saturated carbocycles. The van der Waals surface area contributed by atoms with Crippen molar-refractivity contribution in [2.75, 3.05) is 27.2 Å². The van der Waals surface area contributed by atoms with Crippen LogP contribution in [0.3, 0.4) is 0 Å². The van der Waals surface area contributed by atoms with Gasteiger partial charge in [0.2, 0.25) is 5.88 Å². The monoisotopic (exact) mass is 296 g/mol. The van der Waals surface area contributed by atoms with E-state index in [1.165, 1.54) is 0 Å². The summed E-state index contributed by atoms with van der Waals surface area (Å²) < 4.78 is 5.72. The number of nitrogens with two attached hydrogens (primary N) is 1. The van der Waals surface area contributed by atoms with Crippen molar-refractivity contribution in [1.29, 1.82) is 0 Å². The van der Waals surface area contributed by atoms with Crippen LogP contribution in [0.4, 0.5) is 0 Å². The molecule has 1 heterocycles. The summed E-state index contributed by atoms with van der Waals surface area (Å²) in [5.41, 5.74) is 8.59. The zero-order chi connectivity index (χ0) is 15.1. The number of aryl methyl sites for hydroxylation is 1. The summed E-state index contributed by atoms with van der Waals surface area (Å²) in [5.74, 6) is 0.463. The first-order valence-electron chi connectivity index (χ1n) is 6.96. The van der Waals surface area contributed by atoms with Gasteiger partial charge in [0.1, 0.15) is 4.99 Å². The molecule has 20 heavy (non-hydrogen) atoms. The molecule has 1 aromatic heterocycles. The van der Waals surface area contributed by atoms with Gasteiger partial charge in [0.25, 0.3) is 0 Å². The third-order valence-corrected chi connectivity index (χ3v) is 3.25. The number of thiocarbonyl (C=S) groups is 1. The van der Waals surface area contributed by atoms with Gasteiger partial charge in [-0.15, -0.1) is 5.10 Å². The van der Waals surface area contributed by atoms with Crippen molar-refractivity contribution in [2.45, 2.75) is 33.1 Å². The maximum atomic E-state index is 5.84. The summed E-state index contributed by atoms with van der Waals surface area (Å²) in [4.78, 5) is 2.44. The van der Waals surface area contributed by atoms with Gasteiger partial charge in [-0.05, 0) is 38.9 Å². The molecule has 0 bridgehead atoms. The average Bonchev–Trinajstić information content (AvgIpc) is 2.41. The Morgan fingerprint density at radius 3 is 2.45 bits per heavy atom. The maximum absolute atomic E-state index is 5.84. The van der Waals surface area contributed by atoms with Gasteiger partial charge in [-0.25, -0.2) is 0 Å². The predicted octanol–water partition coefficient (Wildman–Crippen LogP) is 1.57. The molecule has 0 aliphatic carbocycles. The smallest absolute Gasteiger partial charge is 0.244 e. The van der Waals surface area contributed by atoms with Crippen molar-refractivity contribution in [3.05, 3.63) is 16.8 Å². The number of ether oxygens (including phenoxy) is 1. The van der Waals surface area contributed by atoms with Crippen LogP contribution in [0.5, 0.6) is 5.88 Å². The average molecular weight is 296 g/mol. The normalized spacial score (nSPS) is 10.8. The minimum Gasteiger partial charge on any atom is -0.476 e. The van der Waals surface area contributed by atoms with Gasteiger partial charge in [-0.3, -0.25) is 0 Å². The first-order chi connectivity index (χ1) is 9.51. The van der Waals surface area contributed by atoms with E-state index in [-0.39, 0.29) is 0 Å². The molecule has 0 unspecified atom stereocenters. The van der Waals surface area contributed by atoms with Gasteiger partial charge in [0.05, 0.1) is 17.9 Å². The Kier molecular flexibility index (Phi) is 6.81. The van der Waals surface area contributed by atoms with E-state index >= 15 is 0 Å². The van der Waals surface area contributed by atoms with Crippen molar-refractivity contribution < 1.29 is 4.74 Å². The Labute approximate surface area is 126 Å². The number of rotatable bonds is 8. The molecule has 6 heteroatoms. The molecule has 0 aliphatic rings. The first kappa shape index (κ1) is 16.8. The van der Waals surface area contributed by atoms with Crippen molar-refractivity contribution in [3.63, 3.8) is 0 Å². The van der Waals surface area contributed by atoms with E-state index in [0.717, 1.165) is 42.6 Å². The van der Waals surface area contributed by atoms with E-state index < -0.39 is 0 Å². The Bertz CT molecular complexity index is 463. The second-order valence-corrected chi connectivity index (χ2v) is 5.32. The molecule has 112 valence electrons. The standard InChI is InChI=1S/C14H24N4OS/c1-5-10-11(6-2)16-17-14(12(10)13(15)20)19-9-7-8-18(3)4/h5-9H2,1-4H3,(H2,15,20). The molecule has 2 N–H and O–H groups in total. The zero-order valence-corrected chi connectivity index (χ0v) is 13.6. The summed E-state index contributed by atoms with van der Waals surface area (Å²) in [7, 11) is 4.07. The third-order valence-electron chi connectivity index (χ3n) is 3.05. The minimum absolute atomic E-state index is 0.328. The van der Waals surface area contributed by atoms with Crippen LogP contribution in [0.25, 0.3) is 0 Å². The molecule has 0 aliphatic heterocycles. The highest BCUT2D eigenvalue weighted by molar-refractivity contribution is 7.80. The van der Waals surface area contributed by atoms with Gasteiger partial charge in [-0.1, -0.05) is 26.1 Å². The quantitative estimate of drug-likeness (QED) is 0.580. The molecular formula is C14H24N4OS. The summed E-state index contributed by atoms with van der Waals surface area (Å²) in [6.07, 6.45) is 2.55. The highest BCUT2D eigenvalue weighted by Crippen LogP contribution is 2.22. The molecule has 5 nitrogen and oxygen atoms in total. The van der Waals surface area contributed by atoms with Gasteiger partial charge < -0.3 is 15.4 Å². The van der Waals surface area contributed by atoms with Crippen LogP contribution in [-0.4, -0.2) is 47.3 Å². The molecule has 0 radical (unpaired) electrons. The van der Waals surface area contributed by atoms with E-state index in [4.69, 9.17) is 22.7 Å². The fourth-order valence-electron chi connectivity index (χ4n) is 2.06. The maximum Gasteiger partial charge on any atom is 0.244 e. The highest BCUT2D eigenvalue weighted by atomic mass is 32.1. The predicted molar refractivity (Wildman–Crippen MR) is 85.3 cm³/mol. The lowest BCUT2D eigenvalue weighted by atomic mass is 10.0. The fourth-order valence-corrected chi connectivity index (χ4v) is 2.27. The molecular weight excluding hydrogens is 272 g/mol. The van der Waals surface area contributed by atoms with Gasteiger partial charge in [0.15, 0.2) is 0 Å². The molecule has 0 spiro atoms. The van der Waals surface area contributed by atoms with Crippen molar-refractivity contribution in [2.24, 2.45) is 5.73 Å². The van der Waals surface area contributed by atoms with E-state index in [1.807, 2.05) is 21.0 Å². The van der Waals surface area contributed by atoms with Crippen molar-refractivity contribution in [3.8, 4) is 5.88 Å². The summed E-state index contributed by atoms with van der Waals surface area (Å²) in [5, 5.41) is 8.37. The molecule has 1 rings (SSSR count). The lowest BCUT2D eigenvalue weighted by Gasteiger charge is -2.15. The minimum atomic E-state index is 0.328. The van der Waals surface area contributed by atoms with Gasteiger partial charge >= 0.3 is 0 Å². The lowest BCUT2D eigenvalue weighted by molar-refractivity contribution is 0.269. The lowest BCUT2D eigenvalue weighted by Crippen LogP contribution is -2.20. The summed E-state index contributed by atoms with van der Waals surface area (Å²) in [6.45, 7) is 5.65. The Hall–Kier alpha value is -1.27. The SMILES string of the molecule is CCc1nnc(OCCCN(C)C)c(C(N)=S)c1CC. The number of nitrogens with zero attached hydrogens (tertiary/aromatic N) is 3. The van der Waals surface area contributed by atoms with Crippen LogP contribution in [-0.2, 0) is 12.8 Å². The van der Waals surface area contributed by atoms with E-state index in [0.29, 0.717) is 17.5 Å². The highest BCUT2D eigenvalue weighted by Gasteiger charge is 2.17. The van der Waals surface area contributed by atoms with E-state index in [2.05, 4.69) is 22.0 Å². The topological polar surface area (TPSA) is 64.3 Å². The fraction of sp³-hybridized carbons (Fsp3) is 0.643. The third kappa shape index (κ3) is 4.38. The van der Waals surface area contributed by atoms with Crippen molar-refractivity contribution >= 4 is 17.2 Å². The molecule has 0 amide bonds. The van der Waals surface area contributed by atoms with Gasteiger partial charge in [0, 0.05) is 6.54 Å². The van der Waals surface area contributed by atoms with Crippen LogP contribution < -0.4 is 10.5 Å². The summed E-state index contributed by atoms with van der Waals surface area (Å²) in [6, 6.07) is 0. The van der Waals surface area contributed by atoms with Crippen LogP contribution in [0.2, 0.25) is 0 Å². The number of hydrogen-bond acceptors (Lipinski definition) is 5. The van der Waals surface area contributed by atoms with Crippen LogP contribution in [0.15, 0.2) is 0 Å². The largest absolute Gasteiger partial charge is 0.476 e. The molecule has 0 fully saturated rings. The van der Waals surface area contributed by atoms with Crippen LogP contribution in [0, 0.1) is 0 Å². The van der Waals surface area contributed by atoms with Crippen LogP contribution in [0.1, 0.15) is 37.1 Å². The first-order valence-corrected chi connectivity index (χ1v) is 7.37. The Balaban J connectivity index is 2.92. The Morgan fingerprint density at radius 2 is 1.95 bits per heavy atom. The van der Waals surface area contributed by atoms with E-state index in [1.54, 1.807) is 0 Å². The van der Waals surface area contributed by atoms with E-state index in [9.17, 15) is 0 Å². The second kappa shape index (κ2) is 8.11. The second-order valence-electron chi connectivity index (χ2n) is 4.88. The van der Waals surface area contributed by atoms with Crippen LogP contribution >= 0.6 is 12.2 Å². The Morgan fingerprint density at radius 1 is 1.25 bits per heavy atom. The van der Waals surface area contributed by atoms with Crippen molar-refractivity contribution in [1.82, 2.24) is 15.1 Å². The zero-order valence-electron chi connectivity index (χ0n) is 12.8.